The smallest absolute Gasteiger partial charge is 0.463 e. The lowest BCUT2D eigenvalue weighted by Gasteiger charge is -2.52. The maximum Gasteiger partial charge on any atom is 0.509 e. The van der Waals surface area contributed by atoms with Crippen molar-refractivity contribution in [3.05, 3.63) is 23.3 Å². The molecule has 166 valence electrons. The Bertz CT molecular complexity index is 777. The molecule has 6 heteroatoms. The SMILES string of the molecule is CC[C@@H]1C[C@@H]2O[C@]23C(=CCC2C(COC=O)=CCC[C@@]23C)[C@@H]1OC(=O)OC(C)(C)C. The van der Waals surface area contributed by atoms with Crippen LogP contribution in [0.25, 0.3) is 0 Å². The van der Waals surface area contributed by atoms with Crippen molar-refractivity contribution in [1.82, 2.24) is 0 Å². The van der Waals surface area contributed by atoms with Gasteiger partial charge in [-0.05, 0) is 64.4 Å². The molecule has 3 aliphatic carbocycles. The van der Waals surface area contributed by atoms with Gasteiger partial charge in [0, 0.05) is 16.9 Å². The Morgan fingerprint density at radius 2 is 2.10 bits per heavy atom. The highest BCUT2D eigenvalue weighted by Gasteiger charge is 2.75. The zero-order valence-corrected chi connectivity index (χ0v) is 18.7. The van der Waals surface area contributed by atoms with Gasteiger partial charge in [-0.2, -0.15) is 0 Å². The van der Waals surface area contributed by atoms with Crippen molar-refractivity contribution in [1.29, 1.82) is 0 Å². The summed E-state index contributed by atoms with van der Waals surface area (Å²) < 4.78 is 23.0. The number of fused-ring (bicyclic) bond motifs is 1. The van der Waals surface area contributed by atoms with E-state index in [-0.39, 0.29) is 29.5 Å². The van der Waals surface area contributed by atoms with E-state index >= 15 is 0 Å². The Hall–Kier alpha value is -1.82. The van der Waals surface area contributed by atoms with Gasteiger partial charge >= 0.3 is 6.16 Å². The number of carbonyl (C=O) groups excluding carboxylic acids is 2. The third kappa shape index (κ3) is 3.28. The van der Waals surface area contributed by atoms with Crippen molar-refractivity contribution in [3.8, 4) is 0 Å². The Morgan fingerprint density at radius 3 is 2.77 bits per heavy atom. The molecule has 0 amide bonds. The largest absolute Gasteiger partial charge is 0.509 e. The van der Waals surface area contributed by atoms with Crippen LogP contribution in [0.15, 0.2) is 23.3 Å². The van der Waals surface area contributed by atoms with E-state index in [4.69, 9.17) is 18.9 Å². The molecule has 1 heterocycles. The van der Waals surface area contributed by atoms with Crippen molar-refractivity contribution in [2.24, 2.45) is 17.3 Å². The molecule has 0 radical (unpaired) electrons. The standard InChI is InChI=1S/C24H34O6/c1-6-15-12-19-24(29-19)18(20(15)28-21(26)30-22(2,3)4)10-9-17-16(13-27-14-25)8-7-11-23(17,24)5/h8,10,14-15,17,19-20H,6-7,9,11-13H2,1-5H3/t15-,17?,19+,20-,23+,24-/m1/s1. The first-order valence-corrected chi connectivity index (χ1v) is 11.2. The monoisotopic (exact) mass is 418 g/mol. The predicted octanol–water partition coefficient (Wildman–Crippen LogP) is 4.72. The van der Waals surface area contributed by atoms with Gasteiger partial charge in [0.05, 0.1) is 6.10 Å². The molecule has 1 aliphatic heterocycles. The van der Waals surface area contributed by atoms with Gasteiger partial charge in [0.25, 0.3) is 6.47 Å². The summed E-state index contributed by atoms with van der Waals surface area (Å²) in [5, 5.41) is 0. The van der Waals surface area contributed by atoms with Crippen molar-refractivity contribution in [3.63, 3.8) is 0 Å². The summed E-state index contributed by atoms with van der Waals surface area (Å²) >= 11 is 0. The first kappa shape index (κ1) is 21.4. The Balaban J connectivity index is 1.65. The van der Waals surface area contributed by atoms with Crippen LogP contribution in [0.1, 0.15) is 66.7 Å². The van der Waals surface area contributed by atoms with Gasteiger partial charge in [-0.1, -0.05) is 26.0 Å². The van der Waals surface area contributed by atoms with Crippen molar-refractivity contribution in [2.75, 3.05) is 6.61 Å². The second kappa shape index (κ2) is 7.40. The van der Waals surface area contributed by atoms with E-state index in [1.165, 1.54) is 5.57 Å². The molecule has 0 aromatic carbocycles. The van der Waals surface area contributed by atoms with Gasteiger partial charge < -0.3 is 18.9 Å². The molecule has 0 aromatic heterocycles. The van der Waals surface area contributed by atoms with Gasteiger partial charge in [0.1, 0.15) is 23.9 Å². The number of epoxide rings is 1. The van der Waals surface area contributed by atoms with E-state index in [0.717, 1.165) is 37.7 Å². The lowest BCUT2D eigenvalue weighted by Crippen LogP contribution is -2.55. The molecule has 6 atom stereocenters. The highest BCUT2D eigenvalue weighted by Crippen LogP contribution is 2.70. The molecule has 1 unspecified atom stereocenters. The van der Waals surface area contributed by atoms with Gasteiger partial charge in [0.2, 0.25) is 0 Å². The van der Waals surface area contributed by atoms with E-state index in [9.17, 15) is 9.59 Å². The number of allylic oxidation sites excluding steroid dienone is 2. The van der Waals surface area contributed by atoms with Crippen LogP contribution in [-0.4, -0.2) is 42.6 Å². The summed E-state index contributed by atoms with van der Waals surface area (Å²) in [6.07, 6.45) is 8.24. The van der Waals surface area contributed by atoms with E-state index < -0.39 is 17.4 Å². The van der Waals surface area contributed by atoms with E-state index in [1.807, 2.05) is 20.8 Å². The quantitative estimate of drug-likeness (QED) is 0.278. The Morgan fingerprint density at radius 1 is 1.33 bits per heavy atom. The van der Waals surface area contributed by atoms with Crippen molar-refractivity contribution < 1.29 is 28.5 Å². The van der Waals surface area contributed by atoms with E-state index in [2.05, 4.69) is 26.0 Å². The minimum atomic E-state index is -0.614. The molecule has 0 bridgehead atoms. The third-order valence-electron chi connectivity index (χ3n) is 7.57. The van der Waals surface area contributed by atoms with Crippen LogP contribution in [0.3, 0.4) is 0 Å². The Kier molecular flexibility index (Phi) is 5.28. The summed E-state index contributed by atoms with van der Waals surface area (Å²) in [6, 6.07) is 0. The molecule has 1 spiro atoms. The second-order valence-corrected chi connectivity index (χ2v) is 10.3. The van der Waals surface area contributed by atoms with Crippen LogP contribution in [0.2, 0.25) is 0 Å². The molecule has 0 N–H and O–H groups in total. The normalized spacial score (nSPS) is 39.4. The molecular weight excluding hydrogens is 384 g/mol. The zero-order valence-electron chi connectivity index (χ0n) is 18.7. The van der Waals surface area contributed by atoms with Crippen molar-refractivity contribution in [2.45, 2.75) is 90.1 Å². The summed E-state index contributed by atoms with van der Waals surface area (Å²) in [7, 11) is 0. The number of rotatable bonds is 5. The predicted molar refractivity (Wildman–Crippen MR) is 111 cm³/mol. The maximum absolute atomic E-state index is 12.5. The van der Waals surface area contributed by atoms with Gasteiger partial charge in [-0.25, -0.2) is 4.79 Å². The van der Waals surface area contributed by atoms with Gasteiger partial charge in [-0.3, -0.25) is 4.79 Å². The molecule has 6 nitrogen and oxygen atoms in total. The number of hydrogen-bond donors (Lipinski definition) is 0. The number of hydrogen-bond acceptors (Lipinski definition) is 6. The fraction of sp³-hybridized carbons (Fsp3) is 0.750. The average Bonchev–Trinajstić information content (AvgIpc) is 3.39. The lowest BCUT2D eigenvalue weighted by molar-refractivity contribution is -0.128. The fourth-order valence-electron chi connectivity index (χ4n) is 6.21. The molecule has 4 rings (SSSR count). The summed E-state index contributed by atoms with van der Waals surface area (Å²) in [5.41, 5.74) is 1.20. The number of carbonyl (C=O) groups is 2. The molecule has 4 aliphatic rings. The van der Waals surface area contributed by atoms with E-state index in [0.29, 0.717) is 13.1 Å². The van der Waals surface area contributed by atoms with Crippen molar-refractivity contribution >= 4 is 12.6 Å². The Labute approximate surface area is 179 Å². The molecule has 1 saturated heterocycles. The molecule has 1 saturated carbocycles. The lowest BCUT2D eigenvalue weighted by atomic mass is 9.51. The van der Waals surface area contributed by atoms with Gasteiger partial charge in [0.15, 0.2) is 0 Å². The topological polar surface area (TPSA) is 74.4 Å². The maximum atomic E-state index is 12.5. The summed E-state index contributed by atoms with van der Waals surface area (Å²) in [6.45, 7) is 10.8. The molecule has 0 aromatic rings. The highest BCUT2D eigenvalue weighted by molar-refractivity contribution is 5.62. The fourth-order valence-corrected chi connectivity index (χ4v) is 6.21. The first-order chi connectivity index (χ1) is 14.2. The van der Waals surface area contributed by atoms with Crippen LogP contribution in [-0.2, 0) is 23.7 Å². The third-order valence-corrected chi connectivity index (χ3v) is 7.57. The van der Waals surface area contributed by atoms with Crippen LogP contribution in [0.4, 0.5) is 4.79 Å². The van der Waals surface area contributed by atoms with Crippen LogP contribution in [0.5, 0.6) is 0 Å². The first-order valence-electron chi connectivity index (χ1n) is 11.2. The average molecular weight is 419 g/mol. The number of ether oxygens (including phenoxy) is 4. The molecular formula is C24H34O6. The van der Waals surface area contributed by atoms with Gasteiger partial charge in [-0.15, -0.1) is 0 Å². The highest BCUT2D eigenvalue weighted by atomic mass is 16.7. The second-order valence-electron chi connectivity index (χ2n) is 10.3. The van der Waals surface area contributed by atoms with Crippen LogP contribution < -0.4 is 0 Å². The van der Waals surface area contributed by atoms with E-state index in [1.54, 1.807) is 0 Å². The summed E-state index contributed by atoms with van der Waals surface area (Å²) in [5.74, 6) is 0.488. The minimum absolute atomic E-state index is 0.105. The summed E-state index contributed by atoms with van der Waals surface area (Å²) in [4.78, 5) is 23.3. The van der Waals surface area contributed by atoms with Crippen LogP contribution >= 0.6 is 0 Å². The minimum Gasteiger partial charge on any atom is -0.463 e. The molecule has 30 heavy (non-hydrogen) atoms. The van der Waals surface area contributed by atoms with Crippen LogP contribution in [0, 0.1) is 17.3 Å². The molecule has 2 fully saturated rings. The zero-order chi connectivity index (χ0) is 21.7.